The van der Waals surface area contributed by atoms with Gasteiger partial charge in [-0.1, -0.05) is 37.2 Å². The molecule has 1 heterocycles. The molecule has 2 aromatic rings. The minimum absolute atomic E-state index is 0.00705. The van der Waals surface area contributed by atoms with E-state index in [9.17, 15) is 13.2 Å². The van der Waals surface area contributed by atoms with Gasteiger partial charge in [-0.25, -0.2) is 0 Å². The summed E-state index contributed by atoms with van der Waals surface area (Å²) in [5.41, 5.74) is -0.127. The van der Waals surface area contributed by atoms with E-state index < -0.39 is 11.7 Å². The molecule has 0 fully saturated rings. The number of alkyl halides is 3. The van der Waals surface area contributed by atoms with Gasteiger partial charge in [0, 0.05) is 18.2 Å². The molecule has 0 radical (unpaired) electrons. The Morgan fingerprint density at radius 2 is 1.95 bits per heavy atom. The average molecular weight is 298 g/mol. The topological polar surface area (TPSA) is 38.1 Å². The van der Waals surface area contributed by atoms with E-state index in [0.717, 1.165) is 12.6 Å². The molecule has 0 bridgehead atoms. The number of benzene rings is 1. The zero-order valence-electron chi connectivity index (χ0n) is 11.9. The van der Waals surface area contributed by atoms with Crippen LogP contribution in [0.15, 0.2) is 34.9 Å². The number of aromatic nitrogens is 1. The smallest absolute Gasteiger partial charge is 0.356 e. The van der Waals surface area contributed by atoms with Crippen molar-refractivity contribution in [3.63, 3.8) is 0 Å². The molecule has 21 heavy (non-hydrogen) atoms. The molecule has 1 N–H and O–H groups in total. The predicted molar refractivity (Wildman–Crippen MR) is 73.5 cm³/mol. The standard InChI is InChI=1S/C15H17F3N2O/c1-10(2)8-19-9-11-7-14(21-20-11)12-5-3-4-6-13(12)15(16,17)18/h3-7,10,19H,8-9H2,1-2H3. The van der Waals surface area contributed by atoms with Gasteiger partial charge in [0.2, 0.25) is 0 Å². The van der Waals surface area contributed by atoms with Gasteiger partial charge in [0.1, 0.15) is 0 Å². The van der Waals surface area contributed by atoms with Crippen LogP contribution in [0.3, 0.4) is 0 Å². The molecule has 0 spiro atoms. The third kappa shape index (κ3) is 4.07. The quantitative estimate of drug-likeness (QED) is 0.903. The summed E-state index contributed by atoms with van der Waals surface area (Å²) in [6.07, 6.45) is -4.42. The highest BCUT2D eigenvalue weighted by molar-refractivity contribution is 5.63. The first-order valence-electron chi connectivity index (χ1n) is 6.71. The maximum absolute atomic E-state index is 13.0. The van der Waals surface area contributed by atoms with Crippen LogP contribution in [-0.4, -0.2) is 11.7 Å². The van der Waals surface area contributed by atoms with Crippen molar-refractivity contribution in [2.75, 3.05) is 6.54 Å². The third-order valence-corrected chi connectivity index (χ3v) is 2.92. The van der Waals surface area contributed by atoms with Crippen LogP contribution in [0.5, 0.6) is 0 Å². The summed E-state index contributed by atoms with van der Waals surface area (Å²) in [5.74, 6) is 0.617. The van der Waals surface area contributed by atoms with Crippen molar-refractivity contribution >= 4 is 0 Å². The van der Waals surface area contributed by atoms with Gasteiger partial charge < -0.3 is 9.84 Å². The molecule has 0 unspecified atom stereocenters. The molecule has 1 aromatic carbocycles. The fourth-order valence-electron chi connectivity index (χ4n) is 1.96. The second-order valence-electron chi connectivity index (χ2n) is 5.25. The lowest BCUT2D eigenvalue weighted by Gasteiger charge is -2.09. The van der Waals surface area contributed by atoms with Crippen molar-refractivity contribution in [2.45, 2.75) is 26.6 Å². The summed E-state index contributed by atoms with van der Waals surface area (Å²) < 4.78 is 43.9. The van der Waals surface area contributed by atoms with Crippen LogP contribution in [0.25, 0.3) is 11.3 Å². The third-order valence-electron chi connectivity index (χ3n) is 2.92. The Kier molecular flexibility index (Phi) is 4.67. The molecule has 0 aliphatic carbocycles. The number of nitrogens with one attached hydrogen (secondary N) is 1. The second kappa shape index (κ2) is 6.30. The highest BCUT2D eigenvalue weighted by Gasteiger charge is 2.34. The second-order valence-corrected chi connectivity index (χ2v) is 5.25. The monoisotopic (exact) mass is 298 g/mol. The van der Waals surface area contributed by atoms with E-state index in [4.69, 9.17) is 4.52 Å². The van der Waals surface area contributed by atoms with Crippen molar-refractivity contribution in [3.8, 4) is 11.3 Å². The van der Waals surface area contributed by atoms with Crippen LogP contribution in [0.4, 0.5) is 13.2 Å². The Hall–Kier alpha value is -1.82. The highest BCUT2D eigenvalue weighted by Crippen LogP contribution is 2.36. The summed E-state index contributed by atoms with van der Waals surface area (Å²) in [6, 6.07) is 6.86. The number of halogens is 3. The maximum atomic E-state index is 13.0. The number of nitrogens with zero attached hydrogens (tertiary/aromatic N) is 1. The summed E-state index contributed by atoms with van der Waals surface area (Å²) in [4.78, 5) is 0. The minimum atomic E-state index is -4.42. The first kappa shape index (κ1) is 15.6. The minimum Gasteiger partial charge on any atom is -0.356 e. The normalized spacial score (nSPS) is 12.1. The van der Waals surface area contributed by atoms with Gasteiger partial charge in [-0.05, 0) is 18.5 Å². The first-order valence-corrected chi connectivity index (χ1v) is 6.71. The lowest BCUT2D eigenvalue weighted by molar-refractivity contribution is -0.137. The van der Waals surface area contributed by atoms with E-state index in [0.29, 0.717) is 18.2 Å². The van der Waals surface area contributed by atoms with Crippen LogP contribution >= 0.6 is 0 Å². The zero-order chi connectivity index (χ0) is 15.5. The van der Waals surface area contributed by atoms with Crippen molar-refractivity contribution in [1.82, 2.24) is 10.5 Å². The summed E-state index contributed by atoms with van der Waals surface area (Å²) in [6.45, 7) is 5.42. The van der Waals surface area contributed by atoms with Crippen LogP contribution < -0.4 is 5.32 Å². The van der Waals surface area contributed by atoms with E-state index in [1.54, 1.807) is 6.07 Å². The molecule has 0 atom stereocenters. The van der Waals surface area contributed by atoms with Crippen molar-refractivity contribution < 1.29 is 17.7 Å². The largest absolute Gasteiger partial charge is 0.417 e. The Morgan fingerprint density at radius 3 is 2.62 bits per heavy atom. The van der Waals surface area contributed by atoms with Gasteiger partial charge >= 0.3 is 6.18 Å². The number of hydrogen-bond donors (Lipinski definition) is 1. The van der Waals surface area contributed by atoms with Gasteiger partial charge in [-0.3, -0.25) is 0 Å². The summed E-state index contributed by atoms with van der Waals surface area (Å²) in [5, 5.41) is 6.97. The fourth-order valence-corrected chi connectivity index (χ4v) is 1.96. The zero-order valence-corrected chi connectivity index (χ0v) is 11.9. The Balaban J connectivity index is 2.18. The predicted octanol–water partition coefficient (Wildman–Crippen LogP) is 4.11. The Bertz CT molecular complexity index is 591. The number of hydrogen-bond acceptors (Lipinski definition) is 3. The van der Waals surface area contributed by atoms with Gasteiger partial charge in [-0.2, -0.15) is 13.2 Å². The number of rotatable bonds is 5. The molecule has 0 saturated carbocycles. The fraction of sp³-hybridized carbons (Fsp3) is 0.400. The molecule has 2 rings (SSSR count). The SMILES string of the molecule is CC(C)CNCc1cc(-c2ccccc2C(F)(F)F)on1. The molecule has 0 aliphatic heterocycles. The van der Waals surface area contributed by atoms with E-state index in [2.05, 4.69) is 24.3 Å². The van der Waals surface area contributed by atoms with Gasteiger partial charge in [-0.15, -0.1) is 0 Å². The van der Waals surface area contributed by atoms with Gasteiger partial charge in [0.15, 0.2) is 5.76 Å². The van der Waals surface area contributed by atoms with E-state index in [1.165, 1.54) is 18.2 Å². The highest BCUT2D eigenvalue weighted by atomic mass is 19.4. The maximum Gasteiger partial charge on any atom is 0.417 e. The molecule has 114 valence electrons. The van der Waals surface area contributed by atoms with Crippen LogP contribution in [0, 0.1) is 5.92 Å². The Morgan fingerprint density at radius 1 is 1.24 bits per heavy atom. The summed E-state index contributed by atoms with van der Waals surface area (Å²) >= 11 is 0. The van der Waals surface area contributed by atoms with E-state index >= 15 is 0 Å². The lowest BCUT2D eigenvalue weighted by Crippen LogP contribution is -2.19. The van der Waals surface area contributed by atoms with Gasteiger partial charge in [0.05, 0.1) is 11.3 Å². The summed E-state index contributed by atoms with van der Waals surface area (Å²) in [7, 11) is 0. The first-order chi connectivity index (χ1) is 9.88. The molecule has 6 heteroatoms. The van der Waals surface area contributed by atoms with E-state index in [1.807, 2.05) is 0 Å². The molecule has 3 nitrogen and oxygen atoms in total. The molecular formula is C15H17F3N2O. The Labute approximate surface area is 121 Å². The van der Waals surface area contributed by atoms with Gasteiger partial charge in [0.25, 0.3) is 0 Å². The molecule has 0 saturated heterocycles. The molecular weight excluding hydrogens is 281 g/mol. The molecule has 0 aliphatic rings. The van der Waals surface area contributed by atoms with Crippen LogP contribution in [0.1, 0.15) is 25.1 Å². The van der Waals surface area contributed by atoms with Crippen LogP contribution in [0.2, 0.25) is 0 Å². The molecule has 1 aromatic heterocycles. The average Bonchev–Trinajstić information content (AvgIpc) is 2.86. The lowest BCUT2D eigenvalue weighted by atomic mass is 10.0. The van der Waals surface area contributed by atoms with Crippen molar-refractivity contribution in [3.05, 3.63) is 41.6 Å². The van der Waals surface area contributed by atoms with Crippen molar-refractivity contribution in [2.24, 2.45) is 5.92 Å². The van der Waals surface area contributed by atoms with Crippen LogP contribution in [-0.2, 0) is 12.7 Å². The van der Waals surface area contributed by atoms with E-state index in [-0.39, 0.29) is 11.3 Å². The van der Waals surface area contributed by atoms with Crippen molar-refractivity contribution in [1.29, 1.82) is 0 Å². The molecule has 0 amide bonds.